The van der Waals surface area contributed by atoms with Gasteiger partial charge in [-0.3, -0.25) is 0 Å². The number of carbonyl (C=O) groups excluding carboxylic acids is 2. The summed E-state index contributed by atoms with van der Waals surface area (Å²) in [4.78, 5) is 20.4. The molecule has 1 fully saturated rings. The Morgan fingerprint density at radius 1 is 1.31 bits per heavy atom. The first-order valence-corrected chi connectivity index (χ1v) is 5.26. The van der Waals surface area contributed by atoms with Crippen molar-refractivity contribution in [2.45, 2.75) is 33.3 Å². The van der Waals surface area contributed by atoms with Crippen LogP contribution in [-0.2, 0) is 18.9 Å². The Morgan fingerprint density at radius 3 is 2.12 bits per heavy atom. The molecule has 1 saturated heterocycles. The maximum atomic E-state index is 10.2. The van der Waals surface area contributed by atoms with Crippen molar-refractivity contribution in [2.24, 2.45) is 0 Å². The van der Waals surface area contributed by atoms with Crippen LogP contribution in [0.4, 0.5) is 9.59 Å². The van der Waals surface area contributed by atoms with Crippen LogP contribution < -0.4 is 0 Å². The highest BCUT2D eigenvalue weighted by atomic mass is 16.8. The summed E-state index contributed by atoms with van der Waals surface area (Å²) < 4.78 is 18.0. The molecule has 0 radical (unpaired) electrons. The highest BCUT2D eigenvalue weighted by Crippen LogP contribution is 2.07. The third-order valence-electron chi connectivity index (χ3n) is 1.63. The first-order valence-electron chi connectivity index (χ1n) is 5.26. The lowest BCUT2D eigenvalue weighted by molar-refractivity contribution is 0.0630. The molecule has 94 valence electrons. The Kier molecular flexibility index (Phi) is 8.01. The molecule has 1 atom stereocenters. The molecule has 0 amide bonds. The Hall–Kier alpha value is -1.46. The number of hydrogen-bond acceptors (Lipinski definition) is 6. The molecule has 6 heteroatoms. The quantitative estimate of drug-likeness (QED) is 0.696. The van der Waals surface area contributed by atoms with E-state index in [9.17, 15) is 9.59 Å². The van der Waals surface area contributed by atoms with E-state index in [1.807, 2.05) is 6.92 Å². The lowest BCUT2D eigenvalue weighted by Crippen LogP contribution is -2.06. The summed E-state index contributed by atoms with van der Waals surface area (Å²) in [7, 11) is 0. The third-order valence-corrected chi connectivity index (χ3v) is 1.63. The van der Waals surface area contributed by atoms with Gasteiger partial charge in [-0.15, -0.1) is 0 Å². The van der Waals surface area contributed by atoms with Gasteiger partial charge in [-0.2, -0.15) is 0 Å². The summed E-state index contributed by atoms with van der Waals surface area (Å²) in [6, 6.07) is 0. The van der Waals surface area contributed by atoms with Crippen LogP contribution in [0.25, 0.3) is 0 Å². The molecule has 0 N–H and O–H groups in total. The lowest BCUT2D eigenvalue weighted by atomic mass is 10.3. The van der Waals surface area contributed by atoms with Crippen molar-refractivity contribution < 1.29 is 28.5 Å². The van der Waals surface area contributed by atoms with Gasteiger partial charge in [0.2, 0.25) is 0 Å². The van der Waals surface area contributed by atoms with E-state index in [0.29, 0.717) is 19.8 Å². The van der Waals surface area contributed by atoms with Crippen molar-refractivity contribution in [3.05, 3.63) is 0 Å². The summed E-state index contributed by atoms with van der Waals surface area (Å²) in [5.41, 5.74) is 0. The zero-order valence-corrected chi connectivity index (χ0v) is 9.86. The SMILES string of the molecule is CCC1COC(=O)O1.CCOC(=O)OCC. The molecule has 0 aromatic heterocycles. The molecule has 1 aliphatic rings. The van der Waals surface area contributed by atoms with Crippen LogP contribution in [0.5, 0.6) is 0 Å². The van der Waals surface area contributed by atoms with Crippen molar-refractivity contribution in [1.82, 2.24) is 0 Å². The standard InChI is InChI=1S/C5H8O3.C5H10O3/c1-2-4-3-7-5(6)8-4;1-3-7-5(6)8-4-2/h4H,2-3H2,1H3;3-4H2,1-2H3. The van der Waals surface area contributed by atoms with Gasteiger partial charge in [-0.25, -0.2) is 9.59 Å². The second kappa shape index (κ2) is 8.82. The van der Waals surface area contributed by atoms with E-state index >= 15 is 0 Å². The minimum Gasteiger partial charge on any atom is -0.435 e. The van der Waals surface area contributed by atoms with Crippen LogP contribution in [0.3, 0.4) is 0 Å². The summed E-state index contributed by atoms with van der Waals surface area (Å²) in [5.74, 6) is 0. The lowest BCUT2D eigenvalue weighted by Gasteiger charge is -1.98. The van der Waals surface area contributed by atoms with Gasteiger partial charge >= 0.3 is 12.3 Å². The Morgan fingerprint density at radius 2 is 1.88 bits per heavy atom. The second-order valence-corrected chi connectivity index (χ2v) is 2.83. The molecular formula is C10H18O6. The molecule has 0 aliphatic carbocycles. The topological polar surface area (TPSA) is 71.1 Å². The Bertz CT molecular complexity index is 207. The second-order valence-electron chi connectivity index (χ2n) is 2.83. The molecule has 1 aliphatic heterocycles. The maximum absolute atomic E-state index is 10.2. The first-order chi connectivity index (χ1) is 7.63. The fraction of sp³-hybridized carbons (Fsp3) is 0.800. The highest BCUT2D eigenvalue weighted by Gasteiger charge is 2.22. The molecule has 0 bridgehead atoms. The van der Waals surface area contributed by atoms with Crippen LogP contribution in [0, 0.1) is 0 Å². The molecule has 1 unspecified atom stereocenters. The van der Waals surface area contributed by atoms with E-state index in [2.05, 4.69) is 18.9 Å². The summed E-state index contributed by atoms with van der Waals surface area (Å²) in [6.45, 7) is 6.59. The molecule has 0 aromatic rings. The first kappa shape index (κ1) is 14.5. The summed E-state index contributed by atoms with van der Waals surface area (Å²) in [5, 5.41) is 0. The van der Waals surface area contributed by atoms with Gasteiger partial charge in [0, 0.05) is 0 Å². The normalized spacial score (nSPS) is 17.7. The average molecular weight is 234 g/mol. The fourth-order valence-corrected chi connectivity index (χ4v) is 0.844. The van der Waals surface area contributed by atoms with Crippen molar-refractivity contribution >= 4 is 12.3 Å². The van der Waals surface area contributed by atoms with Gasteiger partial charge < -0.3 is 18.9 Å². The van der Waals surface area contributed by atoms with Crippen molar-refractivity contribution in [2.75, 3.05) is 19.8 Å². The van der Waals surface area contributed by atoms with Crippen LogP contribution in [-0.4, -0.2) is 38.2 Å². The minimum absolute atomic E-state index is 0.00231. The van der Waals surface area contributed by atoms with E-state index < -0.39 is 12.3 Å². The van der Waals surface area contributed by atoms with E-state index in [4.69, 9.17) is 0 Å². The van der Waals surface area contributed by atoms with E-state index in [1.54, 1.807) is 13.8 Å². The van der Waals surface area contributed by atoms with Crippen molar-refractivity contribution in [3.63, 3.8) is 0 Å². The molecule has 0 aromatic carbocycles. The smallest absolute Gasteiger partial charge is 0.435 e. The predicted molar refractivity (Wildman–Crippen MR) is 55.2 cm³/mol. The van der Waals surface area contributed by atoms with E-state index in [0.717, 1.165) is 6.42 Å². The van der Waals surface area contributed by atoms with Gasteiger partial charge in [0.05, 0.1) is 13.2 Å². The highest BCUT2D eigenvalue weighted by molar-refractivity contribution is 5.61. The van der Waals surface area contributed by atoms with Gasteiger partial charge in [0.1, 0.15) is 12.7 Å². The zero-order valence-electron chi connectivity index (χ0n) is 9.86. The maximum Gasteiger partial charge on any atom is 0.508 e. The van der Waals surface area contributed by atoms with Gasteiger partial charge in [-0.05, 0) is 20.3 Å². The molecule has 1 heterocycles. The Balaban J connectivity index is 0.000000281. The van der Waals surface area contributed by atoms with Crippen LogP contribution in [0.15, 0.2) is 0 Å². The summed E-state index contributed by atoms with van der Waals surface area (Å²) in [6.07, 6.45) is -0.277. The van der Waals surface area contributed by atoms with E-state index in [-0.39, 0.29) is 6.10 Å². The summed E-state index contributed by atoms with van der Waals surface area (Å²) >= 11 is 0. The number of hydrogen-bond donors (Lipinski definition) is 0. The van der Waals surface area contributed by atoms with Gasteiger partial charge in [0.15, 0.2) is 0 Å². The molecule has 16 heavy (non-hydrogen) atoms. The van der Waals surface area contributed by atoms with Crippen LogP contribution in [0.2, 0.25) is 0 Å². The number of cyclic esters (lactones) is 2. The van der Waals surface area contributed by atoms with Gasteiger partial charge in [-0.1, -0.05) is 6.92 Å². The largest absolute Gasteiger partial charge is 0.508 e. The fourth-order valence-electron chi connectivity index (χ4n) is 0.844. The van der Waals surface area contributed by atoms with Crippen molar-refractivity contribution in [3.8, 4) is 0 Å². The third kappa shape index (κ3) is 6.92. The minimum atomic E-state index is -0.588. The molecule has 6 nitrogen and oxygen atoms in total. The molecular weight excluding hydrogens is 216 g/mol. The number of carbonyl (C=O) groups is 2. The zero-order chi connectivity index (χ0) is 12.4. The predicted octanol–water partition coefficient (Wildman–Crippen LogP) is 2.11. The molecule has 0 saturated carbocycles. The van der Waals surface area contributed by atoms with Crippen molar-refractivity contribution in [1.29, 1.82) is 0 Å². The number of ether oxygens (including phenoxy) is 4. The average Bonchev–Trinajstić information content (AvgIpc) is 2.66. The Labute approximate surface area is 94.8 Å². The van der Waals surface area contributed by atoms with Gasteiger partial charge in [0.25, 0.3) is 0 Å². The van der Waals surface area contributed by atoms with Crippen LogP contribution in [0.1, 0.15) is 27.2 Å². The molecule has 0 spiro atoms. The monoisotopic (exact) mass is 234 g/mol. The van der Waals surface area contributed by atoms with Crippen LogP contribution >= 0.6 is 0 Å². The number of rotatable bonds is 3. The molecule has 1 rings (SSSR count). The van der Waals surface area contributed by atoms with E-state index in [1.165, 1.54) is 0 Å².